The van der Waals surface area contributed by atoms with Gasteiger partial charge in [-0.25, -0.2) is 0 Å². The second kappa shape index (κ2) is 5.91. The van der Waals surface area contributed by atoms with Crippen LogP contribution in [0.5, 0.6) is 0 Å². The van der Waals surface area contributed by atoms with E-state index in [9.17, 15) is 5.11 Å². The normalized spacial score (nSPS) is 10.5. The Bertz CT molecular complexity index is 513. The van der Waals surface area contributed by atoms with E-state index in [4.69, 9.17) is 11.6 Å². The van der Waals surface area contributed by atoms with Gasteiger partial charge in [0.05, 0.1) is 6.61 Å². The molecule has 0 saturated carbocycles. The third-order valence-corrected chi connectivity index (χ3v) is 4.27. The molecule has 2 aromatic carbocycles. The van der Waals surface area contributed by atoms with E-state index in [-0.39, 0.29) is 6.61 Å². The van der Waals surface area contributed by atoms with Crippen molar-refractivity contribution >= 4 is 39.3 Å². The first-order valence-electron chi connectivity index (χ1n) is 5.02. The largest absolute Gasteiger partial charge is 0.392 e. The predicted octanol–water partition coefficient (Wildman–Crippen LogP) is 4.75. The molecule has 0 fully saturated rings. The van der Waals surface area contributed by atoms with Crippen LogP contribution in [-0.4, -0.2) is 5.11 Å². The number of hydrogen-bond donors (Lipinski definition) is 1. The Morgan fingerprint density at radius 1 is 1.12 bits per heavy atom. The van der Waals surface area contributed by atoms with Gasteiger partial charge in [-0.2, -0.15) is 0 Å². The molecular formula is C13H10BrClOS. The number of rotatable bonds is 3. The van der Waals surface area contributed by atoms with Crippen LogP contribution in [0.25, 0.3) is 0 Å². The van der Waals surface area contributed by atoms with E-state index < -0.39 is 0 Å². The van der Waals surface area contributed by atoms with E-state index in [1.54, 1.807) is 17.8 Å². The molecule has 0 spiro atoms. The molecule has 2 rings (SSSR count). The molecule has 0 saturated heterocycles. The number of aliphatic hydroxyl groups excluding tert-OH is 1. The molecule has 1 N–H and O–H groups in total. The van der Waals surface area contributed by atoms with Crippen molar-refractivity contribution < 1.29 is 5.11 Å². The first kappa shape index (κ1) is 13.0. The first-order chi connectivity index (χ1) is 8.20. The lowest BCUT2D eigenvalue weighted by Crippen LogP contribution is -1.88. The molecule has 0 aliphatic carbocycles. The summed E-state index contributed by atoms with van der Waals surface area (Å²) in [5, 5.41) is 9.92. The highest BCUT2D eigenvalue weighted by molar-refractivity contribution is 9.10. The maximum atomic E-state index is 9.32. The molecule has 0 radical (unpaired) electrons. The zero-order chi connectivity index (χ0) is 12.3. The van der Waals surface area contributed by atoms with Crippen molar-refractivity contribution in [1.82, 2.24) is 0 Å². The molecule has 0 aliphatic rings. The number of benzene rings is 2. The fraction of sp³-hybridized carbons (Fsp3) is 0.0769. The monoisotopic (exact) mass is 328 g/mol. The van der Waals surface area contributed by atoms with Crippen molar-refractivity contribution in [1.29, 1.82) is 0 Å². The number of halogens is 2. The van der Waals surface area contributed by atoms with E-state index in [0.717, 1.165) is 19.8 Å². The summed E-state index contributed by atoms with van der Waals surface area (Å²) in [7, 11) is 0. The van der Waals surface area contributed by atoms with E-state index in [1.165, 1.54) is 0 Å². The molecule has 0 unspecified atom stereocenters. The minimum Gasteiger partial charge on any atom is -0.392 e. The highest BCUT2D eigenvalue weighted by Crippen LogP contribution is 2.34. The van der Waals surface area contributed by atoms with Crippen molar-refractivity contribution in [3.05, 3.63) is 57.5 Å². The Morgan fingerprint density at radius 3 is 2.47 bits per heavy atom. The van der Waals surface area contributed by atoms with Gasteiger partial charge in [-0.05, 0) is 36.4 Å². The van der Waals surface area contributed by atoms with Gasteiger partial charge in [0.25, 0.3) is 0 Å². The second-order valence-corrected chi connectivity index (χ2v) is 5.87. The Kier molecular flexibility index (Phi) is 4.51. The van der Waals surface area contributed by atoms with Crippen molar-refractivity contribution in [3.8, 4) is 0 Å². The summed E-state index contributed by atoms with van der Waals surface area (Å²) in [5.41, 5.74) is 0.780. The minimum absolute atomic E-state index is 0.0431. The summed E-state index contributed by atoms with van der Waals surface area (Å²) in [6.07, 6.45) is 0. The SMILES string of the molecule is OCc1c(Cl)cccc1Sc1ccc(Br)cc1. The van der Waals surface area contributed by atoms with Gasteiger partial charge in [-0.1, -0.05) is 45.4 Å². The zero-order valence-corrected chi connectivity index (χ0v) is 12.0. The molecular weight excluding hydrogens is 320 g/mol. The van der Waals surface area contributed by atoms with Crippen LogP contribution in [0.15, 0.2) is 56.7 Å². The maximum absolute atomic E-state index is 9.32. The third kappa shape index (κ3) is 3.26. The molecule has 0 aromatic heterocycles. The second-order valence-electron chi connectivity index (χ2n) is 3.43. The Labute approximate surface area is 118 Å². The molecule has 2 aromatic rings. The maximum Gasteiger partial charge on any atom is 0.0707 e. The predicted molar refractivity (Wildman–Crippen MR) is 75.6 cm³/mol. The molecule has 17 heavy (non-hydrogen) atoms. The average Bonchev–Trinajstić information content (AvgIpc) is 2.32. The highest BCUT2D eigenvalue weighted by Gasteiger charge is 2.07. The Balaban J connectivity index is 2.29. The standard InChI is InChI=1S/C13H10BrClOS/c14-9-4-6-10(7-5-9)17-13-3-1-2-12(15)11(13)8-16/h1-7,16H,8H2. The molecule has 1 nitrogen and oxygen atoms in total. The number of aliphatic hydroxyl groups is 1. The van der Waals surface area contributed by atoms with E-state index in [0.29, 0.717) is 5.02 Å². The van der Waals surface area contributed by atoms with Gasteiger partial charge < -0.3 is 5.11 Å². The van der Waals surface area contributed by atoms with Crippen LogP contribution < -0.4 is 0 Å². The van der Waals surface area contributed by atoms with Gasteiger partial charge in [0.15, 0.2) is 0 Å². The lowest BCUT2D eigenvalue weighted by Gasteiger charge is -2.08. The smallest absolute Gasteiger partial charge is 0.0707 e. The summed E-state index contributed by atoms with van der Waals surface area (Å²) in [6, 6.07) is 13.7. The molecule has 0 atom stereocenters. The molecule has 0 amide bonds. The van der Waals surface area contributed by atoms with Crippen LogP contribution in [0.3, 0.4) is 0 Å². The summed E-state index contributed by atoms with van der Waals surface area (Å²) in [6.45, 7) is -0.0431. The van der Waals surface area contributed by atoms with Crippen LogP contribution in [0.1, 0.15) is 5.56 Å². The fourth-order valence-corrected chi connectivity index (χ4v) is 2.94. The fourth-order valence-electron chi connectivity index (χ4n) is 1.42. The molecule has 4 heteroatoms. The summed E-state index contributed by atoms with van der Waals surface area (Å²) < 4.78 is 1.05. The topological polar surface area (TPSA) is 20.2 Å². The van der Waals surface area contributed by atoms with Gasteiger partial charge in [-0.15, -0.1) is 0 Å². The zero-order valence-electron chi connectivity index (χ0n) is 8.86. The third-order valence-electron chi connectivity index (χ3n) is 2.28. The van der Waals surface area contributed by atoms with Crippen molar-refractivity contribution in [2.24, 2.45) is 0 Å². The summed E-state index contributed by atoms with van der Waals surface area (Å²) in [5.74, 6) is 0. The van der Waals surface area contributed by atoms with E-state index in [2.05, 4.69) is 15.9 Å². The van der Waals surface area contributed by atoms with Crippen LogP contribution in [0.4, 0.5) is 0 Å². The van der Waals surface area contributed by atoms with Crippen LogP contribution in [-0.2, 0) is 6.61 Å². The molecule has 0 bridgehead atoms. The molecule has 88 valence electrons. The summed E-state index contributed by atoms with van der Waals surface area (Å²) >= 11 is 11.0. The van der Waals surface area contributed by atoms with Crippen LogP contribution in [0, 0.1) is 0 Å². The van der Waals surface area contributed by atoms with Gasteiger partial charge in [-0.3, -0.25) is 0 Å². The average molecular weight is 330 g/mol. The quantitative estimate of drug-likeness (QED) is 0.877. The van der Waals surface area contributed by atoms with Gasteiger partial charge in [0.1, 0.15) is 0 Å². The summed E-state index contributed by atoms with van der Waals surface area (Å²) in [4.78, 5) is 2.10. The van der Waals surface area contributed by atoms with E-state index >= 15 is 0 Å². The van der Waals surface area contributed by atoms with Crippen LogP contribution in [0.2, 0.25) is 5.02 Å². The van der Waals surface area contributed by atoms with Gasteiger partial charge in [0.2, 0.25) is 0 Å². The van der Waals surface area contributed by atoms with Crippen molar-refractivity contribution in [3.63, 3.8) is 0 Å². The van der Waals surface area contributed by atoms with Gasteiger partial charge in [0, 0.05) is 24.8 Å². The minimum atomic E-state index is -0.0431. The Morgan fingerprint density at radius 2 is 1.82 bits per heavy atom. The van der Waals surface area contributed by atoms with Crippen LogP contribution >= 0.6 is 39.3 Å². The Hall–Kier alpha value is -0.480. The molecule has 0 heterocycles. The van der Waals surface area contributed by atoms with Gasteiger partial charge >= 0.3 is 0 Å². The number of hydrogen-bond acceptors (Lipinski definition) is 2. The van der Waals surface area contributed by atoms with E-state index in [1.807, 2.05) is 36.4 Å². The lowest BCUT2D eigenvalue weighted by molar-refractivity contribution is 0.279. The highest BCUT2D eigenvalue weighted by atomic mass is 79.9. The first-order valence-corrected chi connectivity index (χ1v) is 7.01. The van der Waals surface area contributed by atoms with Crippen molar-refractivity contribution in [2.75, 3.05) is 0 Å². The van der Waals surface area contributed by atoms with Crippen molar-refractivity contribution in [2.45, 2.75) is 16.4 Å². The lowest BCUT2D eigenvalue weighted by atomic mass is 10.2. The molecule has 0 aliphatic heterocycles.